The molecule has 0 bridgehead atoms. The average Bonchev–Trinajstić information content (AvgIpc) is 3.55. The zero-order valence-corrected chi connectivity index (χ0v) is 14.4. The lowest BCUT2D eigenvalue weighted by molar-refractivity contribution is -0.117. The van der Waals surface area contributed by atoms with Crippen LogP contribution in [-0.4, -0.2) is 25.5 Å². The van der Waals surface area contributed by atoms with Gasteiger partial charge < -0.3 is 10.6 Å². The number of amides is 1. The molecule has 2 aliphatic rings. The summed E-state index contributed by atoms with van der Waals surface area (Å²) in [6.07, 6.45) is 8.10. The third kappa shape index (κ3) is 3.24. The number of pyridine rings is 1. The molecule has 0 radical (unpaired) electrons. The maximum atomic E-state index is 11.9. The van der Waals surface area contributed by atoms with E-state index >= 15 is 0 Å². The lowest BCUT2D eigenvalue weighted by atomic mass is 10.3. The van der Waals surface area contributed by atoms with E-state index in [4.69, 9.17) is 0 Å². The van der Waals surface area contributed by atoms with Crippen molar-refractivity contribution in [2.45, 2.75) is 38.1 Å². The minimum absolute atomic E-state index is 0.0625. The van der Waals surface area contributed by atoms with Crippen LogP contribution in [0.1, 0.15) is 43.0 Å². The number of carbonyl (C=O) groups excluding carboxylic acids is 1. The fourth-order valence-corrected chi connectivity index (χ4v) is 3.00. The molecule has 5 rings (SSSR count). The van der Waals surface area contributed by atoms with Crippen LogP contribution in [0, 0.1) is 5.92 Å². The largest absolute Gasteiger partial charge is 0.379 e. The van der Waals surface area contributed by atoms with Gasteiger partial charge in [-0.15, -0.1) is 0 Å². The third-order valence-corrected chi connectivity index (χ3v) is 4.82. The predicted molar refractivity (Wildman–Crippen MR) is 97.9 cm³/mol. The highest BCUT2D eigenvalue weighted by atomic mass is 16.2. The second kappa shape index (κ2) is 6.09. The smallest absolute Gasteiger partial charge is 0.228 e. The van der Waals surface area contributed by atoms with E-state index in [0.29, 0.717) is 18.3 Å². The van der Waals surface area contributed by atoms with E-state index in [1.165, 1.54) is 12.8 Å². The van der Waals surface area contributed by atoms with Gasteiger partial charge in [-0.05, 0) is 43.9 Å². The molecule has 2 saturated carbocycles. The van der Waals surface area contributed by atoms with Gasteiger partial charge in [-0.1, -0.05) is 0 Å². The van der Waals surface area contributed by atoms with Crippen molar-refractivity contribution in [2.75, 3.05) is 10.6 Å². The summed E-state index contributed by atoms with van der Waals surface area (Å²) >= 11 is 0. The quantitative estimate of drug-likeness (QED) is 0.715. The Morgan fingerprint density at radius 1 is 1.19 bits per heavy atom. The van der Waals surface area contributed by atoms with Crippen LogP contribution < -0.4 is 10.6 Å². The lowest BCUT2D eigenvalue weighted by Crippen LogP contribution is -2.14. The van der Waals surface area contributed by atoms with Crippen molar-refractivity contribution in [2.24, 2.45) is 5.92 Å². The molecule has 3 aromatic rings. The summed E-state index contributed by atoms with van der Waals surface area (Å²) in [7, 11) is 0. The molecule has 0 aliphatic heterocycles. The zero-order chi connectivity index (χ0) is 17.5. The molecular weight excluding hydrogens is 328 g/mol. The number of rotatable bonds is 6. The van der Waals surface area contributed by atoms with Gasteiger partial charge >= 0.3 is 0 Å². The Hall–Kier alpha value is -2.96. The second-order valence-electron chi connectivity index (χ2n) is 7.11. The summed E-state index contributed by atoms with van der Waals surface area (Å²) < 4.78 is 1.86. The van der Waals surface area contributed by atoms with Gasteiger partial charge in [0.15, 0.2) is 5.65 Å². The standard InChI is InChI=1S/C19H20N6O/c26-19(13-3-4-13)23-17-9-14(7-8-20-17)21-10-15-11-25-18(22-15)6-5-16(24-25)12-1-2-12/h5-9,11-13H,1-4,10H2,(H2,20,21,23,26). The minimum atomic E-state index is 0.0625. The number of hydrogen-bond donors (Lipinski definition) is 2. The molecule has 0 unspecified atom stereocenters. The number of anilines is 2. The number of nitrogens with zero attached hydrogens (tertiary/aromatic N) is 4. The molecule has 7 nitrogen and oxygen atoms in total. The molecule has 2 fully saturated rings. The summed E-state index contributed by atoms with van der Waals surface area (Å²) in [6.45, 7) is 0.585. The Balaban J connectivity index is 1.26. The fourth-order valence-electron chi connectivity index (χ4n) is 3.00. The highest BCUT2D eigenvalue weighted by Gasteiger charge is 2.29. The maximum absolute atomic E-state index is 11.9. The van der Waals surface area contributed by atoms with Gasteiger partial charge in [-0.2, -0.15) is 5.10 Å². The highest BCUT2D eigenvalue weighted by molar-refractivity contribution is 5.93. The SMILES string of the molecule is O=C(Nc1cc(NCc2cn3nc(C4CC4)ccc3n2)ccn1)C1CC1. The Morgan fingerprint density at radius 2 is 2.08 bits per heavy atom. The predicted octanol–water partition coefficient (Wildman–Crippen LogP) is 2.96. The number of aromatic nitrogens is 4. The Labute approximate surface area is 150 Å². The molecule has 0 saturated heterocycles. The number of hydrogen-bond acceptors (Lipinski definition) is 5. The maximum Gasteiger partial charge on any atom is 0.228 e. The first kappa shape index (κ1) is 15.3. The van der Waals surface area contributed by atoms with Gasteiger partial charge in [0.1, 0.15) is 5.82 Å². The Bertz CT molecular complexity index is 973. The van der Waals surface area contributed by atoms with Crippen molar-refractivity contribution in [3.63, 3.8) is 0 Å². The monoisotopic (exact) mass is 348 g/mol. The van der Waals surface area contributed by atoms with Gasteiger partial charge in [0.2, 0.25) is 5.91 Å². The van der Waals surface area contributed by atoms with Gasteiger partial charge in [-0.25, -0.2) is 14.5 Å². The summed E-state index contributed by atoms with van der Waals surface area (Å²) in [5, 5.41) is 10.9. The Morgan fingerprint density at radius 3 is 2.88 bits per heavy atom. The van der Waals surface area contributed by atoms with Crippen LogP contribution >= 0.6 is 0 Å². The van der Waals surface area contributed by atoms with E-state index in [2.05, 4.69) is 31.8 Å². The van der Waals surface area contributed by atoms with E-state index in [9.17, 15) is 4.79 Å². The van der Waals surface area contributed by atoms with Gasteiger partial charge in [0.05, 0.1) is 24.1 Å². The molecule has 0 atom stereocenters. The van der Waals surface area contributed by atoms with Gasteiger partial charge in [0.25, 0.3) is 0 Å². The van der Waals surface area contributed by atoms with Crippen LogP contribution in [0.15, 0.2) is 36.7 Å². The molecule has 2 aliphatic carbocycles. The lowest BCUT2D eigenvalue weighted by Gasteiger charge is -2.07. The summed E-state index contributed by atoms with van der Waals surface area (Å²) in [5.74, 6) is 1.44. The molecule has 3 heterocycles. The molecule has 2 N–H and O–H groups in total. The molecule has 26 heavy (non-hydrogen) atoms. The first-order chi connectivity index (χ1) is 12.7. The molecule has 132 valence electrons. The number of nitrogens with one attached hydrogen (secondary N) is 2. The highest BCUT2D eigenvalue weighted by Crippen LogP contribution is 2.38. The van der Waals surface area contributed by atoms with E-state index in [0.717, 1.165) is 35.6 Å². The van der Waals surface area contributed by atoms with Crippen LogP contribution in [0.5, 0.6) is 0 Å². The minimum Gasteiger partial charge on any atom is -0.379 e. The van der Waals surface area contributed by atoms with Crippen LogP contribution in [-0.2, 0) is 11.3 Å². The average molecular weight is 348 g/mol. The molecule has 0 aromatic carbocycles. The van der Waals surface area contributed by atoms with Crippen molar-refractivity contribution in [3.05, 3.63) is 48.0 Å². The number of carbonyl (C=O) groups is 1. The zero-order valence-electron chi connectivity index (χ0n) is 14.4. The third-order valence-electron chi connectivity index (χ3n) is 4.82. The summed E-state index contributed by atoms with van der Waals surface area (Å²) in [4.78, 5) is 20.7. The number of fused-ring (bicyclic) bond motifs is 1. The van der Waals surface area contributed by atoms with Crippen molar-refractivity contribution < 1.29 is 4.79 Å². The number of imidazole rings is 1. The molecule has 3 aromatic heterocycles. The first-order valence-corrected chi connectivity index (χ1v) is 9.10. The van der Waals surface area contributed by atoms with E-state index in [1.54, 1.807) is 6.20 Å². The van der Waals surface area contributed by atoms with Crippen LogP contribution in [0.25, 0.3) is 5.65 Å². The topological polar surface area (TPSA) is 84.2 Å². The van der Waals surface area contributed by atoms with Crippen LogP contribution in [0.2, 0.25) is 0 Å². The van der Waals surface area contributed by atoms with Crippen LogP contribution in [0.3, 0.4) is 0 Å². The molecule has 1 amide bonds. The van der Waals surface area contributed by atoms with E-state index in [1.807, 2.05) is 28.9 Å². The van der Waals surface area contributed by atoms with Crippen molar-refractivity contribution in [1.82, 2.24) is 19.6 Å². The van der Waals surface area contributed by atoms with Gasteiger partial charge in [0, 0.05) is 29.8 Å². The van der Waals surface area contributed by atoms with Crippen molar-refractivity contribution in [3.8, 4) is 0 Å². The molecule has 7 heteroatoms. The van der Waals surface area contributed by atoms with E-state index < -0.39 is 0 Å². The Kier molecular flexibility index (Phi) is 3.58. The molecule has 0 spiro atoms. The summed E-state index contributed by atoms with van der Waals surface area (Å²) in [6, 6.07) is 7.84. The van der Waals surface area contributed by atoms with Crippen molar-refractivity contribution in [1.29, 1.82) is 0 Å². The summed E-state index contributed by atoms with van der Waals surface area (Å²) in [5.41, 5.74) is 3.83. The van der Waals surface area contributed by atoms with Crippen LogP contribution in [0.4, 0.5) is 11.5 Å². The van der Waals surface area contributed by atoms with Crippen molar-refractivity contribution >= 4 is 23.1 Å². The second-order valence-corrected chi connectivity index (χ2v) is 7.11. The fraction of sp³-hybridized carbons (Fsp3) is 0.368. The first-order valence-electron chi connectivity index (χ1n) is 9.10. The van der Waals surface area contributed by atoms with E-state index in [-0.39, 0.29) is 11.8 Å². The van der Waals surface area contributed by atoms with Gasteiger partial charge in [-0.3, -0.25) is 4.79 Å². The molecular formula is C19H20N6O. The normalized spacial score (nSPS) is 16.6.